The van der Waals surface area contributed by atoms with Crippen LogP contribution in [0.3, 0.4) is 0 Å². The number of nitrogens with one attached hydrogen (secondary N) is 1. The highest BCUT2D eigenvalue weighted by Crippen LogP contribution is 2.40. The number of anilines is 1. The number of hydrogen-bond donors (Lipinski definition) is 1. The fourth-order valence-electron chi connectivity index (χ4n) is 1.26. The summed E-state index contributed by atoms with van der Waals surface area (Å²) in [4.78, 5) is 20.3. The zero-order valence-corrected chi connectivity index (χ0v) is 7.43. The molecule has 7 heteroatoms. The molecule has 2 rings (SSSR count). The molecule has 0 unspecified atom stereocenters. The van der Waals surface area contributed by atoms with Gasteiger partial charge >= 0.3 is 0 Å². The van der Waals surface area contributed by atoms with Gasteiger partial charge in [0.05, 0.1) is 11.0 Å². The van der Waals surface area contributed by atoms with Crippen molar-refractivity contribution in [1.29, 1.82) is 0 Å². The van der Waals surface area contributed by atoms with E-state index in [1.165, 1.54) is 12.1 Å². The molecule has 0 bridgehead atoms. The van der Waals surface area contributed by atoms with Gasteiger partial charge in [0.25, 0.3) is 5.69 Å². The maximum atomic E-state index is 10.6. The molecule has 15 heavy (non-hydrogen) atoms. The third-order valence-corrected chi connectivity index (χ3v) is 1.90. The van der Waals surface area contributed by atoms with Crippen molar-refractivity contribution < 1.29 is 19.2 Å². The fourth-order valence-corrected chi connectivity index (χ4v) is 1.26. The molecule has 1 amide bonds. The Morgan fingerprint density at radius 3 is 2.67 bits per heavy atom. The van der Waals surface area contributed by atoms with E-state index in [-0.39, 0.29) is 18.2 Å². The molecule has 1 aliphatic heterocycles. The summed E-state index contributed by atoms with van der Waals surface area (Å²) in [5.74, 6) is 0.683. The maximum absolute atomic E-state index is 10.6. The number of nitrogens with zero attached hydrogens (tertiary/aromatic N) is 1. The number of fused-ring (bicyclic) bond motifs is 1. The summed E-state index contributed by atoms with van der Waals surface area (Å²) in [6, 6.07) is 2.57. The van der Waals surface area contributed by atoms with Crippen molar-refractivity contribution in [3.63, 3.8) is 0 Å². The van der Waals surface area contributed by atoms with Crippen molar-refractivity contribution in [3.05, 3.63) is 22.2 Å². The van der Waals surface area contributed by atoms with Crippen molar-refractivity contribution in [2.45, 2.75) is 0 Å². The number of hydrogen-bond acceptors (Lipinski definition) is 5. The molecule has 0 saturated heterocycles. The number of benzene rings is 1. The minimum atomic E-state index is -0.603. The molecule has 1 aliphatic rings. The van der Waals surface area contributed by atoms with Crippen LogP contribution in [0.1, 0.15) is 0 Å². The molecule has 0 spiro atoms. The van der Waals surface area contributed by atoms with Crippen molar-refractivity contribution in [1.82, 2.24) is 0 Å². The number of ether oxygens (including phenoxy) is 2. The molecule has 0 aliphatic carbocycles. The number of rotatable bonds is 3. The van der Waals surface area contributed by atoms with E-state index in [4.69, 9.17) is 9.47 Å². The predicted octanol–water partition coefficient (Wildman–Crippen LogP) is 0.892. The van der Waals surface area contributed by atoms with Crippen LogP contribution in [-0.4, -0.2) is 18.1 Å². The summed E-state index contributed by atoms with van der Waals surface area (Å²) in [7, 11) is 0. The number of nitro groups is 1. The highest BCUT2D eigenvalue weighted by atomic mass is 16.7. The zero-order chi connectivity index (χ0) is 10.8. The highest BCUT2D eigenvalue weighted by molar-refractivity contribution is 5.80. The number of carbonyl (C=O) groups is 1. The summed E-state index contributed by atoms with van der Waals surface area (Å²) in [5, 5.41) is 12.9. The van der Waals surface area contributed by atoms with Gasteiger partial charge in [-0.1, -0.05) is 0 Å². The molecule has 7 nitrogen and oxygen atoms in total. The number of nitro benzene ring substituents is 1. The topological polar surface area (TPSA) is 90.7 Å². The second-order valence-electron chi connectivity index (χ2n) is 2.74. The molecule has 1 aromatic rings. The zero-order valence-electron chi connectivity index (χ0n) is 7.43. The molecule has 0 aromatic heterocycles. The van der Waals surface area contributed by atoms with Crippen LogP contribution in [0, 0.1) is 10.1 Å². The molecule has 1 N–H and O–H groups in total. The van der Waals surface area contributed by atoms with Gasteiger partial charge in [-0.2, -0.15) is 0 Å². The first-order valence-corrected chi connectivity index (χ1v) is 4.00. The average Bonchev–Trinajstić information content (AvgIpc) is 2.63. The molecule has 1 heterocycles. The third kappa shape index (κ3) is 1.54. The highest BCUT2D eigenvalue weighted by Gasteiger charge is 2.22. The lowest BCUT2D eigenvalue weighted by Gasteiger charge is -2.02. The standard InChI is InChI=1S/C8H6N2O5/c11-3-9-5-1-7-8(15-4-14-7)2-6(5)10(12)13/h1-3H,4H2,(H,9,11). The molecular formula is C8H6N2O5. The van der Waals surface area contributed by atoms with Gasteiger partial charge in [-0.3, -0.25) is 14.9 Å². The second-order valence-corrected chi connectivity index (χ2v) is 2.74. The molecule has 1 aromatic carbocycles. The van der Waals surface area contributed by atoms with Gasteiger partial charge in [0.15, 0.2) is 11.5 Å². The summed E-state index contributed by atoms with van der Waals surface area (Å²) in [6.45, 7) is 0.0248. The van der Waals surface area contributed by atoms with Crippen molar-refractivity contribution in [2.75, 3.05) is 12.1 Å². The van der Waals surface area contributed by atoms with Crippen LogP contribution in [0.15, 0.2) is 12.1 Å². The van der Waals surface area contributed by atoms with Crippen molar-refractivity contribution in [3.8, 4) is 11.5 Å². The predicted molar refractivity (Wildman–Crippen MR) is 48.9 cm³/mol. The molecule has 0 saturated carbocycles. The maximum Gasteiger partial charge on any atom is 0.296 e. The average molecular weight is 210 g/mol. The van der Waals surface area contributed by atoms with Crippen LogP contribution in [0.25, 0.3) is 0 Å². The fraction of sp³-hybridized carbons (Fsp3) is 0.125. The SMILES string of the molecule is O=CNc1cc2c(cc1[N+](=O)[O-])OCO2. The van der Waals surface area contributed by atoms with E-state index in [9.17, 15) is 14.9 Å². The molecule has 0 atom stereocenters. The van der Waals surface area contributed by atoms with E-state index in [1.54, 1.807) is 0 Å². The summed E-state index contributed by atoms with van der Waals surface area (Å²) in [6.07, 6.45) is 0.366. The molecule has 0 fully saturated rings. The molecular weight excluding hydrogens is 204 g/mol. The van der Waals surface area contributed by atoms with Crippen LogP contribution >= 0.6 is 0 Å². The van der Waals surface area contributed by atoms with Gasteiger partial charge in [0.2, 0.25) is 13.2 Å². The van der Waals surface area contributed by atoms with Crippen LogP contribution in [0.2, 0.25) is 0 Å². The van der Waals surface area contributed by atoms with Gasteiger partial charge in [0, 0.05) is 6.07 Å². The minimum absolute atomic E-state index is 0.0248. The van der Waals surface area contributed by atoms with Crippen LogP contribution < -0.4 is 14.8 Å². The summed E-state index contributed by atoms with van der Waals surface area (Å²) in [5.41, 5.74) is -0.148. The van der Waals surface area contributed by atoms with Crippen molar-refractivity contribution in [2.24, 2.45) is 0 Å². The van der Waals surface area contributed by atoms with Crippen LogP contribution in [0.4, 0.5) is 11.4 Å². The monoisotopic (exact) mass is 210 g/mol. The van der Waals surface area contributed by atoms with Gasteiger partial charge in [-0.25, -0.2) is 0 Å². The Morgan fingerprint density at radius 1 is 1.40 bits per heavy atom. The van der Waals surface area contributed by atoms with Gasteiger partial charge in [-0.05, 0) is 0 Å². The Morgan fingerprint density at radius 2 is 2.07 bits per heavy atom. The molecule has 0 radical (unpaired) electrons. The normalized spacial score (nSPS) is 12.3. The van der Waals surface area contributed by atoms with E-state index in [0.717, 1.165) is 0 Å². The van der Waals surface area contributed by atoms with Gasteiger partial charge in [0.1, 0.15) is 5.69 Å². The Hall–Kier alpha value is -2.31. The van der Waals surface area contributed by atoms with Crippen LogP contribution in [0.5, 0.6) is 11.5 Å². The van der Waals surface area contributed by atoms with Crippen molar-refractivity contribution >= 4 is 17.8 Å². The first kappa shape index (κ1) is 9.25. The van der Waals surface area contributed by atoms with E-state index in [1.807, 2.05) is 0 Å². The number of carbonyl (C=O) groups excluding carboxylic acids is 1. The number of amides is 1. The Balaban J connectivity index is 2.51. The first-order chi connectivity index (χ1) is 7.22. The summed E-state index contributed by atoms with van der Waals surface area (Å²) < 4.78 is 10.00. The van der Waals surface area contributed by atoms with Gasteiger partial charge < -0.3 is 14.8 Å². The lowest BCUT2D eigenvalue weighted by molar-refractivity contribution is -0.384. The lowest BCUT2D eigenvalue weighted by Crippen LogP contribution is -1.99. The van der Waals surface area contributed by atoms with E-state index >= 15 is 0 Å². The smallest absolute Gasteiger partial charge is 0.296 e. The quantitative estimate of drug-likeness (QED) is 0.454. The largest absolute Gasteiger partial charge is 0.454 e. The first-order valence-electron chi connectivity index (χ1n) is 4.00. The van der Waals surface area contributed by atoms with Crippen LogP contribution in [-0.2, 0) is 4.79 Å². The van der Waals surface area contributed by atoms with E-state index in [2.05, 4.69) is 5.32 Å². The van der Waals surface area contributed by atoms with Gasteiger partial charge in [-0.15, -0.1) is 0 Å². The molecule has 78 valence electrons. The lowest BCUT2D eigenvalue weighted by atomic mass is 10.2. The summed E-state index contributed by atoms with van der Waals surface area (Å²) >= 11 is 0. The second kappa shape index (κ2) is 3.45. The Labute approximate surface area is 83.7 Å². The Bertz CT molecular complexity index is 431. The Kier molecular flexibility index (Phi) is 2.13. The van der Waals surface area contributed by atoms with E-state index in [0.29, 0.717) is 17.9 Å². The van der Waals surface area contributed by atoms with E-state index < -0.39 is 4.92 Å². The minimum Gasteiger partial charge on any atom is -0.454 e. The third-order valence-electron chi connectivity index (χ3n) is 1.90.